The largest absolute Gasteiger partial charge is 0.367 e. The average Bonchev–Trinajstić information content (AvgIpc) is 2.84. The Hall–Kier alpha value is -2.63. The normalized spacial score (nSPS) is 15.2. The molecule has 1 aliphatic rings. The minimum atomic E-state index is -0.0774. The van der Waals surface area contributed by atoms with Gasteiger partial charge in [-0.15, -0.1) is 0 Å². The number of anilines is 4. The van der Waals surface area contributed by atoms with E-state index in [1.165, 1.54) is 45.4 Å². The zero-order chi connectivity index (χ0) is 18.4. The molecule has 6 heteroatoms. The van der Waals surface area contributed by atoms with E-state index >= 15 is 0 Å². The zero-order valence-corrected chi connectivity index (χ0v) is 15.5. The lowest BCUT2D eigenvalue weighted by Crippen LogP contribution is -2.19. The van der Waals surface area contributed by atoms with E-state index in [0.717, 1.165) is 28.8 Å². The first-order valence-corrected chi connectivity index (χ1v) is 9.35. The first kappa shape index (κ1) is 18.2. The molecule has 0 radical (unpaired) electrons. The molecule has 1 amide bonds. The molecule has 0 saturated heterocycles. The molecule has 1 fully saturated rings. The van der Waals surface area contributed by atoms with Crippen molar-refractivity contribution in [1.29, 1.82) is 0 Å². The van der Waals surface area contributed by atoms with Gasteiger partial charge < -0.3 is 16.0 Å². The monoisotopic (exact) mass is 353 g/mol. The fourth-order valence-electron chi connectivity index (χ4n) is 3.33. The maximum Gasteiger partial charge on any atom is 0.221 e. The molecule has 0 spiro atoms. The van der Waals surface area contributed by atoms with Crippen LogP contribution < -0.4 is 16.0 Å². The molecule has 0 unspecified atom stereocenters. The number of nitrogens with zero attached hydrogens (tertiary/aromatic N) is 2. The molecular formula is C20H27N5O. The van der Waals surface area contributed by atoms with Gasteiger partial charge in [-0.25, -0.2) is 9.97 Å². The minimum Gasteiger partial charge on any atom is -0.367 e. The van der Waals surface area contributed by atoms with E-state index in [1.807, 2.05) is 37.3 Å². The van der Waals surface area contributed by atoms with Crippen molar-refractivity contribution in [2.45, 2.75) is 58.4 Å². The van der Waals surface area contributed by atoms with Gasteiger partial charge in [-0.3, -0.25) is 4.79 Å². The van der Waals surface area contributed by atoms with Crippen LogP contribution in [0.1, 0.15) is 51.3 Å². The fourth-order valence-corrected chi connectivity index (χ4v) is 3.33. The Labute approximate surface area is 154 Å². The summed E-state index contributed by atoms with van der Waals surface area (Å²) in [4.78, 5) is 20.1. The summed E-state index contributed by atoms with van der Waals surface area (Å²) in [6.45, 7) is 3.40. The molecule has 0 bridgehead atoms. The van der Waals surface area contributed by atoms with Crippen LogP contribution in [0.4, 0.5) is 23.0 Å². The summed E-state index contributed by atoms with van der Waals surface area (Å²) >= 11 is 0. The summed E-state index contributed by atoms with van der Waals surface area (Å²) in [7, 11) is 0. The third kappa shape index (κ3) is 5.44. The Morgan fingerprint density at radius 3 is 2.23 bits per heavy atom. The van der Waals surface area contributed by atoms with Crippen molar-refractivity contribution >= 4 is 28.9 Å². The highest BCUT2D eigenvalue weighted by Crippen LogP contribution is 2.23. The van der Waals surface area contributed by atoms with Crippen molar-refractivity contribution < 1.29 is 4.79 Å². The van der Waals surface area contributed by atoms with Crippen LogP contribution in [-0.2, 0) is 4.79 Å². The van der Waals surface area contributed by atoms with Gasteiger partial charge in [0.25, 0.3) is 0 Å². The highest BCUT2D eigenvalue weighted by atomic mass is 16.1. The lowest BCUT2D eigenvalue weighted by atomic mass is 10.1. The van der Waals surface area contributed by atoms with E-state index in [1.54, 1.807) is 0 Å². The fraction of sp³-hybridized carbons (Fsp3) is 0.450. The van der Waals surface area contributed by atoms with Gasteiger partial charge in [0, 0.05) is 30.4 Å². The molecule has 0 atom stereocenters. The van der Waals surface area contributed by atoms with Gasteiger partial charge in [0.05, 0.1) is 0 Å². The lowest BCUT2D eigenvalue weighted by molar-refractivity contribution is -0.114. The number of hydrogen-bond donors (Lipinski definition) is 3. The van der Waals surface area contributed by atoms with Gasteiger partial charge in [0.2, 0.25) is 5.91 Å². The number of rotatable bonds is 5. The number of carbonyl (C=O) groups excluding carboxylic acids is 1. The molecule has 1 aromatic carbocycles. The standard InChI is InChI=1S/C20H27N5O/c1-14-21-19(24-16-7-5-3-4-6-8-16)13-20(22-14)25-18-11-9-17(10-12-18)23-15(2)26/h9-13,16H,3-8H2,1-2H3,(H,23,26)(H2,21,22,24,25). The summed E-state index contributed by atoms with van der Waals surface area (Å²) in [5.41, 5.74) is 1.69. The number of benzene rings is 1. The Bertz CT molecular complexity index is 736. The van der Waals surface area contributed by atoms with Crippen LogP contribution in [0.3, 0.4) is 0 Å². The Morgan fingerprint density at radius 1 is 0.962 bits per heavy atom. The van der Waals surface area contributed by atoms with Crippen molar-refractivity contribution in [2.24, 2.45) is 0 Å². The number of aromatic nitrogens is 2. The predicted molar refractivity (Wildman–Crippen MR) is 106 cm³/mol. The number of hydrogen-bond acceptors (Lipinski definition) is 5. The lowest BCUT2D eigenvalue weighted by Gasteiger charge is -2.18. The van der Waals surface area contributed by atoms with E-state index in [-0.39, 0.29) is 5.91 Å². The molecule has 0 aliphatic heterocycles. The SMILES string of the molecule is CC(=O)Nc1ccc(Nc2cc(NC3CCCCCC3)nc(C)n2)cc1. The number of aryl methyl sites for hydroxylation is 1. The van der Waals surface area contributed by atoms with Crippen LogP contribution in [0, 0.1) is 6.92 Å². The van der Waals surface area contributed by atoms with Crippen molar-refractivity contribution in [3.05, 3.63) is 36.2 Å². The molecule has 138 valence electrons. The summed E-state index contributed by atoms with van der Waals surface area (Å²) in [5, 5.41) is 9.65. The van der Waals surface area contributed by atoms with Gasteiger partial charge in [-0.2, -0.15) is 0 Å². The van der Waals surface area contributed by atoms with Gasteiger partial charge in [-0.1, -0.05) is 25.7 Å². The maximum atomic E-state index is 11.1. The molecule has 6 nitrogen and oxygen atoms in total. The zero-order valence-electron chi connectivity index (χ0n) is 15.5. The third-order valence-corrected chi connectivity index (χ3v) is 4.52. The predicted octanol–water partition coefficient (Wildman–Crippen LogP) is 4.62. The maximum absolute atomic E-state index is 11.1. The summed E-state index contributed by atoms with van der Waals surface area (Å²) in [6.07, 6.45) is 7.65. The molecule has 3 N–H and O–H groups in total. The number of nitrogens with one attached hydrogen (secondary N) is 3. The van der Waals surface area contributed by atoms with E-state index < -0.39 is 0 Å². The Balaban J connectivity index is 1.67. The van der Waals surface area contributed by atoms with E-state index in [0.29, 0.717) is 6.04 Å². The smallest absolute Gasteiger partial charge is 0.221 e. The second kappa shape index (κ2) is 8.65. The quantitative estimate of drug-likeness (QED) is 0.684. The van der Waals surface area contributed by atoms with Crippen molar-refractivity contribution in [3.8, 4) is 0 Å². The molecule has 1 aromatic heterocycles. The second-order valence-corrected chi connectivity index (χ2v) is 6.90. The summed E-state index contributed by atoms with van der Waals surface area (Å²) in [6, 6.07) is 10.0. The van der Waals surface area contributed by atoms with Crippen LogP contribution in [0.2, 0.25) is 0 Å². The highest BCUT2D eigenvalue weighted by molar-refractivity contribution is 5.88. The van der Waals surface area contributed by atoms with Crippen LogP contribution in [0.15, 0.2) is 30.3 Å². The molecular weight excluding hydrogens is 326 g/mol. The van der Waals surface area contributed by atoms with Gasteiger partial charge >= 0.3 is 0 Å². The van der Waals surface area contributed by atoms with E-state index in [4.69, 9.17) is 0 Å². The van der Waals surface area contributed by atoms with Crippen LogP contribution in [0.5, 0.6) is 0 Å². The Morgan fingerprint density at radius 2 is 1.58 bits per heavy atom. The van der Waals surface area contributed by atoms with Gasteiger partial charge in [0.15, 0.2) is 0 Å². The molecule has 26 heavy (non-hydrogen) atoms. The molecule has 3 rings (SSSR count). The molecule has 1 heterocycles. The van der Waals surface area contributed by atoms with Crippen LogP contribution in [0.25, 0.3) is 0 Å². The number of carbonyl (C=O) groups is 1. The number of amides is 1. The van der Waals surface area contributed by atoms with Crippen molar-refractivity contribution in [2.75, 3.05) is 16.0 Å². The van der Waals surface area contributed by atoms with E-state index in [9.17, 15) is 4.79 Å². The van der Waals surface area contributed by atoms with Crippen molar-refractivity contribution in [3.63, 3.8) is 0 Å². The van der Waals surface area contributed by atoms with Gasteiger partial charge in [-0.05, 0) is 44.0 Å². The summed E-state index contributed by atoms with van der Waals surface area (Å²) < 4.78 is 0. The Kier molecular flexibility index (Phi) is 6.04. The first-order valence-electron chi connectivity index (χ1n) is 9.35. The molecule has 1 aliphatic carbocycles. The highest BCUT2D eigenvalue weighted by Gasteiger charge is 2.13. The first-order chi connectivity index (χ1) is 12.6. The average molecular weight is 353 g/mol. The van der Waals surface area contributed by atoms with Crippen molar-refractivity contribution in [1.82, 2.24) is 9.97 Å². The van der Waals surface area contributed by atoms with Crippen LogP contribution >= 0.6 is 0 Å². The van der Waals surface area contributed by atoms with E-state index in [2.05, 4.69) is 25.9 Å². The topological polar surface area (TPSA) is 78.9 Å². The summed E-state index contributed by atoms with van der Waals surface area (Å²) in [5.74, 6) is 2.30. The van der Waals surface area contributed by atoms with Crippen LogP contribution in [-0.4, -0.2) is 21.9 Å². The minimum absolute atomic E-state index is 0.0774. The molecule has 1 saturated carbocycles. The third-order valence-electron chi connectivity index (χ3n) is 4.52. The molecule has 2 aromatic rings. The van der Waals surface area contributed by atoms with Gasteiger partial charge in [0.1, 0.15) is 17.5 Å². The second-order valence-electron chi connectivity index (χ2n) is 6.90.